The molecule has 0 atom stereocenters. The van der Waals surface area contributed by atoms with Crippen molar-refractivity contribution < 1.29 is 4.79 Å². The summed E-state index contributed by atoms with van der Waals surface area (Å²) in [5.74, 6) is 1.56. The SMILES string of the molecule is Cc1cccc(-c2nc3sc(N4CCN(C(=O)C5CCC5)CC4)nn3c2NC(C)(C)C)c1. The Labute approximate surface area is 193 Å². The number of piperazine rings is 1. The summed E-state index contributed by atoms with van der Waals surface area (Å²) in [6.07, 6.45) is 3.33. The average Bonchev–Trinajstić information content (AvgIpc) is 3.25. The van der Waals surface area contributed by atoms with Crippen LogP contribution in [0.15, 0.2) is 24.3 Å². The van der Waals surface area contributed by atoms with E-state index in [2.05, 4.69) is 62.2 Å². The number of nitrogens with one attached hydrogen (secondary N) is 1. The van der Waals surface area contributed by atoms with E-state index in [1.165, 1.54) is 12.0 Å². The van der Waals surface area contributed by atoms with Crippen LogP contribution >= 0.6 is 11.3 Å². The minimum Gasteiger partial charge on any atom is -0.364 e. The number of anilines is 2. The molecule has 1 N–H and O–H groups in total. The van der Waals surface area contributed by atoms with Gasteiger partial charge < -0.3 is 15.1 Å². The van der Waals surface area contributed by atoms with Crippen LogP contribution < -0.4 is 10.2 Å². The molecule has 32 heavy (non-hydrogen) atoms. The number of amides is 1. The highest BCUT2D eigenvalue weighted by atomic mass is 32.1. The largest absolute Gasteiger partial charge is 0.364 e. The fourth-order valence-electron chi connectivity index (χ4n) is 4.36. The number of hydrogen-bond acceptors (Lipinski definition) is 6. The van der Waals surface area contributed by atoms with E-state index in [0.717, 1.165) is 66.2 Å². The van der Waals surface area contributed by atoms with Gasteiger partial charge in [-0.2, -0.15) is 4.52 Å². The van der Waals surface area contributed by atoms with Crippen LogP contribution in [0.4, 0.5) is 10.9 Å². The summed E-state index contributed by atoms with van der Waals surface area (Å²) >= 11 is 1.62. The zero-order valence-corrected chi connectivity index (χ0v) is 20.2. The van der Waals surface area contributed by atoms with E-state index in [1.54, 1.807) is 11.3 Å². The lowest BCUT2D eigenvalue weighted by Gasteiger charge is -2.38. The molecule has 1 saturated heterocycles. The third-order valence-corrected chi connectivity index (χ3v) is 7.26. The Morgan fingerprint density at radius 3 is 2.53 bits per heavy atom. The van der Waals surface area contributed by atoms with E-state index in [4.69, 9.17) is 10.1 Å². The number of fused-ring (bicyclic) bond motifs is 1. The molecule has 1 aromatic carbocycles. The van der Waals surface area contributed by atoms with E-state index in [9.17, 15) is 4.79 Å². The maximum atomic E-state index is 12.6. The molecule has 8 heteroatoms. The zero-order valence-electron chi connectivity index (χ0n) is 19.4. The first kappa shape index (κ1) is 21.2. The van der Waals surface area contributed by atoms with Crippen LogP contribution in [0.2, 0.25) is 0 Å². The van der Waals surface area contributed by atoms with Crippen LogP contribution in [0.1, 0.15) is 45.6 Å². The Kier molecular flexibility index (Phi) is 5.35. The van der Waals surface area contributed by atoms with E-state index in [0.29, 0.717) is 5.91 Å². The second-order valence-corrected chi connectivity index (χ2v) is 11.0. The van der Waals surface area contributed by atoms with Crippen LogP contribution in [-0.4, -0.2) is 57.1 Å². The lowest BCUT2D eigenvalue weighted by molar-refractivity contribution is -0.138. The van der Waals surface area contributed by atoms with Gasteiger partial charge in [-0.05, 0) is 46.6 Å². The molecule has 0 unspecified atom stereocenters. The van der Waals surface area contributed by atoms with Gasteiger partial charge in [0.1, 0.15) is 5.69 Å². The number of carbonyl (C=O) groups is 1. The predicted octanol–water partition coefficient (Wildman–Crippen LogP) is 4.43. The van der Waals surface area contributed by atoms with Gasteiger partial charge in [-0.25, -0.2) is 4.98 Å². The van der Waals surface area contributed by atoms with Crippen LogP contribution in [0.3, 0.4) is 0 Å². The summed E-state index contributed by atoms with van der Waals surface area (Å²) in [4.78, 5) is 22.8. The second kappa shape index (κ2) is 8.06. The highest BCUT2D eigenvalue weighted by Gasteiger charge is 2.32. The van der Waals surface area contributed by atoms with Crippen molar-refractivity contribution >= 4 is 33.2 Å². The summed E-state index contributed by atoms with van der Waals surface area (Å²) in [5.41, 5.74) is 3.12. The van der Waals surface area contributed by atoms with Crippen molar-refractivity contribution in [2.75, 3.05) is 36.4 Å². The van der Waals surface area contributed by atoms with E-state index >= 15 is 0 Å². The van der Waals surface area contributed by atoms with Crippen molar-refractivity contribution in [3.63, 3.8) is 0 Å². The molecule has 7 nitrogen and oxygen atoms in total. The molecule has 2 aromatic heterocycles. The second-order valence-electron chi connectivity index (χ2n) is 10.1. The quantitative estimate of drug-likeness (QED) is 0.635. The number of nitrogens with zero attached hydrogens (tertiary/aromatic N) is 5. The van der Waals surface area contributed by atoms with Gasteiger partial charge >= 0.3 is 0 Å². The first-order chi connectivity index (χ1) is 15.3. The average molecular weight is 453 g/mol. The summed E-state index contributed by atoms with van der Waals surface area (Å²) in [6.45, 7) is 11.8. The standard InChI is InChI=1S/C24H32N6OS/c1-16-7-5-10-18(15-16)19-20(26-24(2,3)4)30-22(25-19)32-23(27-30)29-13-11-28(12-14-29)21(31)17-8-6-9-17/h5,7,10,15,17,26H,6,8-9,11-14H2,1-4H3. The number of aromatic nitrogens is 3. The highest BCUT2D eigenvalue weighted by Crippen LogP contribution is 2.35. The lowest BCUT2D eigenvalue weighted by atomic mass is 9.84. The zero-order chi connectivity index (χ0) is 22.5. The fourth-order valence-corrected chi connectivity index (χ4v) is 5.31. The minimum atomic E-state index is -0.119. The third-order valence-electron chi connectivity index (χ3n) is 6.29. The number of carbonyl (C=O) groups excluding carboxylic acids is 1. The summed E-state index contributed by atoms with van der Waals surface area (Å²) in [6, 6.07) is 8.44. The number of hydrogen-bond donors (Lipinski definition) is 1. The molecule has 1 amide bonds. The van der Waals surface area contributed by atoms with Gasteiger partial charge in [-0.15, -0.1) is 5.10 Å². The summed E-state index contributed by atoms with van der Waals surface area (Å²) < 4.78 is 1.95. The van der Waals surface area contributed by atoms with Gasteiger partial charge in [-0.3, -0.25) is 4.79 Å². The first-order valence-electron chi connectivity index (χ1n) is 11.6. The molecule has 170 valence electrons. The molecule has 1 aliphatic heterocycles. The highest BCUT2D eigenvalue weighted by molar-refractivity contribution is 7.20. The maximum Gasteiger partial charge on any atom is 0.225 e. The molecule has 0 bridgehead atoms. The molecule has 1 saturated carbocycles. The molecule has 1 aliphatic carbocycles. The van der Waals surface area contributed by atoms with Gasteiger partial charge in [0.15, 0.2) is 5.82 Å². The molecule has 2 fully saturated rings. The van der Waals surface area contributed by atoms with Crippen molar-refractivity contribution in [2.24, 2.45) is 5.92 Å². The van der Waals surface area contributed by atoms with Crippen molar-refractivity contribution in [3.05, 3.63) is 29.8 Å². The molecule has 3 heterocycles. The Hall–Kier alpha value is -2.61. The Bertz CT molecular complexity index is 1130. The molecule has 5 rings (SSSR count). The monoisotopic (exact) mass is 452 g/mol. The van der Waals surface area contributed by atoms with Gasteiger partial charge in [0.25, 0.3) is 0 Å². The van der Waals surface area contributed by atoms with E-state index < -0.39 is 0 Å². The number of imidazole rings is 1. The molecular formula is C24H32N6OS. The summed E-state index contributed by atoms with van der Waals surface area (Å²) in [7, 11) is 0. The normalized spacial score (nSPS) is 17.6. The Morgan fingerprint density at radius 2 is 1.91 bits per heavy atom. The van der Waals surface area contributed by atoms with Crippen LogP contribution in [0.5, 0.6) is 0 Å². The van der Waals surface area contributed by atoms with Crippen molar-refractivity contribution in [3.8, 4) is 11.3 Å². The lowest BCUT2D eigenvalue weighted by Crippen LogP contribution is -2.51. The third kappa shape index (κ3) is 4.08. The van der Waals surface area contributed by atoms with Crippen molar-refractivity contribution in [2.45, 2.75) is 52.5 Å². The minimum absolute atomic E-state index is 0.119. The summed E-state index contributed by atoms with van der Waals surface area (Å²) in [5, 5.41) is 9.55. The van der Waals surface area contributed by atoms with Crippen LogP contribution in [0, 0.1) is 12.8 Å². The van der Waals surface area contributed by atoms with Crippen molar-refractivity contribution in [1.29, 1.82) is 0 Å². The molecule has 0 spiro atoms. The van der Waals surface area contributed by atoms with Crippen LogP contribution in [0.25, 0.3) is 16.2 Å². The van der Waals surface area contributed by atoms with E-state index in [1.807, 2.05) is 9.42 Å². The molecular weight excluding hydrogens is 420 g/mol. The molecule has 0 radical (unpaired) electrons. The topological polar surface area (TPSA) is 65.8 Å². The van der Waals surface area contributed by atoms with Gasteiger partial charge in [0.05, 0.1) is 0 Å². The molecule has 3 aromatic rings. The van der Waals surface area contributed by atoms with Crippen molar-refractivity contribution in [1.82, 2.24) is 19.5 Å². The number of rotatable bonds is 4. The molecule has 2 aliphatic rings. The maximum absolute atomic E-state index is 12.6. The van der Waals surface area contributed by atoms with Gasteiger partial charge in [0.2, 0.25) is 16.0 Å². The number of aryl methyl sites for hydroxylation is 1. The first-order valence-corrected chi connectivity index (χ1v) is 12.4. The van der Waals surface area contributed by atoms with Gasteiger partial charge in [0, 0.05) is 43.2 Å². The predicted molar refractivity (Wildman–Crippen MR) is 131 cm³/mol. The number of benzene rings is 1. The Balaban J connectivity index is 1.41. The van der Waals surface area contributed by atoms with Crippen LogP contribution in [-0.2, 0) is 4.79 Å². The smallest absolute Gasteiger partial charge is 0.225 e. The fraction of sp³-hybridized carbons (Fsp3) is 0.542. The van der Waals surface area contributed by atoms with E-state index in [-0.39, 0.29) is 11.5 Å². The Morgan fingerprint density at radius 1 is 1.16 bits per heavy atom. The van der Waals surface area contributed by atoms with Gasteiger partial charge in [-0.1, -0.05) is 41.5 Å².